The van der Waals surface area contributed by atoms with Crippen molar-refractivity contribution < 1.29 is 9.90 Å². The normalized spacial score (nSPS) is 23.2. The first-order valence-electron chi connectivity index (χ1n) is 6.80. The van der Waals surface area contributed by atoms with Gasteiger partial charge in [-0.25, -0.2) is 0 Å². The van der Waals surface area contributed by atoms with Gasteiger partial charge in [-0.1, -0.05) is 41.5 Å². The Hall–Kier alpha value is -0.220. The maximum absolute atomic E-state index is 10.9. The summed E-state index contributed by atoms with van der Waals surface area (Å²) in [7, 11) is 0. The molecule has 0 saturated carbocycles. The summed E-state index contributed by atoms with van der Waals surface area (Å²) in [4.78, 5) is 13.0. The van der Waals surface area contributed by atoms with Crippen LogP contribution in [0.4, 0.5) is 0 Å². The Balaban J connectivity index is 0. The summed E-state index contributed by atoms with van der Waals surface area (Å²) < 4.78 is 0. The summed E-state index contributed by atoms with van der Waals surface area (Å²) in [5.41, 5.74) is 0. The Morgan fingerprint density at radius 2 is 1.82 bits per heavy atom. The van der Waals surface area contributed by atoms with E-state index < -0.39 is 5.97 Å². The van der Waals surface area contributed by atoms with Crippen molar-refractivity contribution in [1.29, 1.82) is 0 Å². The van der Waals surface area contributed by atoms with E-state index in [-0.39, 0.29) is 6.04 Å². The van der Waals surface area contributed by atoms with Crippen LogP contribution < -0.4 is 0 Å². The van der Waals surface area contributed by atoms with Crippen LogP contribution in [0.25, 0.3) is 0 Å². The van der Waals surface area contributed by atoms with Crippen LogP contribution in [0.3, 0.4) is 0 Å². The summed E-state index contributed by atoms with van der Waals surface area (Å²) in [6.45, 7) is 13.1. The molecule has 17 heavy (non-hydrogen) atoms. The van der Waals surface area contributed by atoms with Gasteiger partial charge in [0.25, 0.3) is 0 Å². The summed E-state index contributed by atoms with van der Waals surface area (Å²) >= 11 is 1.77. The number of hydrogen-bond donors (Lipinski definition) is 1. The lowest BCUT2D eigenvalue weighted by molar-refractivity contribution is -0.142. The molecule has 1 heterocycles. The van der Waals surface area contributed by atoms with E-state index in [1.54, 1.807) is 11.8 Å². The molecule has 1 rings (SSSR count). The van der Waals surface area contributed by atoms with Crippen LogP contribution in [-0.2, 0) is 4.79 Å². The second-order valence-corrected chi connectivity index (χ2v) is 4.50. The Morgan fingerprint density at radius 3 is 2.18 bits per heavy atom. The number of carboxylic acid groups (broad SMARTS) is 1. The third-order valence-corrected chi connectivity index (χ3v) is 3.83. The van der Waals surface area contributed by atoms with Crippen LogP contribution in [0.1, 0.15) is 54.4 Å². The van der Waals surface area contributed by atoms with Gasteiger partial charge >= 0.3 is 5.97 Å². The molecule has 1 aliphatic heterocycles. The number of thioether (sulfide) groups is 1. The van der Waals surface area contributed by atoms with Crippen molar-refractivity contribution in [3.05, 3.63) is 0 Å². The van der Waals surface area contributed by atoms with Crippen LogP contribution in [0.15, 0.2) is 0 Å². The van der Waals surface area contributed by atoms with Gasteiger partial charge in [0.05, 0.1) is 5.37 Å². The quantitative estimate of drug-likeness (QED) is 0.840. The first kappa shape index (κ1) is 19.1. The lowest BCUT2D eigenvalue weighted by atomic mass is 10.2. The molecule has 0 aromatic heterocycles. The number of nitrogens with zero attached hydrogens (tertiary/aromatic N) is 1. The maximum Gasteiger partial charge on any atom is 0.321 e. The van der Waals surface area contributed by atoms with Gasteiger partial charge in [0.15, 0.2) is 0 Å². The Morgan fingerprint density at radius 1 is 1.29 bits per heavy atom. The average molecular weight is 263 g/mol. The fourth-order valence-electron chi connectivity index (χ4n) is 1.72. The van der Waals surface area contributed by atoms with E-state index in [0.29, 0.717) is 5.37 Å². The Bertz CT molecular complexity index is 188. The van der Waals surface area contributed by atoms with Crippen molar-refractivity contribution in [1.82, 2.24) is 4.90 Å². The predicted molar refractivity (Wildman–Crippen MR) is 77.7 cm³/mol. The van der Waals surface area contributed by atoms with Crippen molar-refractivity contribution in [3.63, 3.8) is 0 Å². The SMILES string of the molecule is CC.CC.CCCN1C(CC)SCC1C(=O)O. The highest BCUT2D eigenvalue weighted by molar-refractivity contribution is 8.00. The van der Waals surface area contributed by atoms with Crippen molar-refractivity contribution in [2.45, 2.75) is 65.8 Å². The minimum absolute atomic E-state index is 0.255. The zero-order chi connectivity index (χ0) is 13.8. The number of carboxylic acids is 1. The van der Waals surface area contributed by atoms with E-state index in [1.807, 2.05) is 27.7 Å². The molecule has 0 aromatic carbocycles. The molecule has 2 atom stereocenters. The summed E-state index contributed by atoms with van der Waals surface area (Å²) in [5.74, 6) is 0.0744. The first-order valence-corrected chi connectivity index (χ1v) is 7.85. The molecule has 0 radical (unpaired) electrons. The summed E-state index contributed by atoms with van der Waals surface area (Å²) in [6, 6.07) is -0.255. The lowest BCUT2D eigenvalue weighted by Gasteiger charge is -2.25. The van der Waals surface area contributed by atoms with Crippen LogP contribution in [-0.4, -0.2) is 39.7 Å². The first-order chi connectivity index (χ1) is 8.20. The fraction of sp³-hybridized carbons (Fsp3) is 0.923. The lowest BCUT2D eigenvalue weighted by Crippen LogP contribution is -2.41. The molecule has 2 unspecified atom stereocenters. The molecule has 1 aliphatic rings. The van der Waals surface area contributed by atoms with Crippen molar-refractivity contribution in [2.75, 3.05) is 12.3 Å². The molecule has 0 spiro atoms. The highest BCUT2D eigenvalue weighted by atomic mass is 32.2. The maximum atomic E-state index is 10.9. The summed E-state index contributed by atoms with van der Waals surface area (Å²) in [6.07, 6.45) is 2.06. The van der Waals surface area contributed by atoms with Gasteiger partial charge < -0.3 is 5.11 Å². The zero-order valence-electron chi connectivity index (χ0n) is 12.2. The van der Waals surface area contributed by atoms with Gasteiger partial charge in [-0.05, 0) is 19.4 Å². The molecular formula is C13H29NO2S. The van der Waals surface area contributed by atoms with E-state index >= 15 is 0 Å². The molecule has 1 saturated heterocycles. The molecule has 0 amide bonds. The predicted octanol–water partition coefficient (Wildman–Crippen LogP) is 3.69. The van der Waals surface area contributed by atoms with Gasteiger partial charge in [0, 0.05) is 5.75 Å². The van der Waals surface area contributed by atoms with Gasteiger partial charge in [0.2, 0.25) is 0 Å². The number of aliphatic carboxylic acids is 1. The Kier molecular flexibility index (Phi) is 13.8. The van der Waals surface area contributed by atoms with Gasteiger partial charge in [0.1, 0.15) is 6.04 Å². The highest BCUT2D eigenvalue weighted by Crippen LogP contribution is 2.31. The van der Waals surface area contributed by atoms with E-state index in [9.17, 15) is 4.79 Å². The number of rotatable bonds is 4. The monoisotopic (exact) mass is 263 g/mol. The van der Waals surface area contributed by atoms with Crippen LogP contribution in [0.2, 0.25) is 0 Å². The van der Waals surface area contributed by atoms with E-state index in [2.05, 4.69) is 18.7 Å². The fourth-order valence-corrected chi connectivity index (χ4v) is 3.14. The minimum atomic E-state index is -0.670. The molecule has 4 heteroatoms. The number of carbonyl (C=O) groups is 1. The zero-order valence-corrected chi connectivity index (χ0v) is 13.0. The third kappa shape index (κ3) is 6.32. The highest BCUT2D eigenvalue weighted by Gasteiger charge is 2.36. The molecule has 1 fully saturated rings. The second kappa shape index (κ2) is 12.2. The summed E-state index contributed by atoms with van der Waals surface area (Å²) in [5, 5.41) is 9.39. The third-order valence-electron chi connectivity index (χ3n) is 2.33. The standard InChI is InChI=1S/C9H17NO2S.2C2H6/c1-3-5-10-7(9(11)12)6-13-8(10)4-2;2*1-2/h7-8H,3-6H2,1-2H3,(H,11,12);2*1-2H3. The second-order valence-electron chi connectivity index (χ2n) is 3.29. The average Bonchev–Trinajstić information content (AvgIpc) is 2.78. The number of hydrogen-bond acceptors (Lipinski definition) is 3. The molecule has 3 nitrogen and oxygen atoms in total. The van der Waals surface area contributed by atoms with E-state index in [4.69, 9.17) is 5.11 Å². The molecular weight excluding hydrogens is 234 g/mol. The Labute approximate surface area is 111 Å². The van der Waals surface area contributed by atoms with Crippen molar-refractivity contribution in [2.24, 2.45) is 0 Å². The largest absolute Gasteiger partial charge is 0.480 e. The molecule has 0 aliphatic carbocycles. The molecule has 0 aromatic rings. The molecule has 0 bridgehead atoms. The topological polar surface area (TPSA) is 40.5 Å². The van der Waals surface area contributed by atoms with Crippen LogP contribution >= 0.6 is 11.8 Å². The van der Waals surface area contributed by atoms with E-state index in [0.717, 1.165) is 25.1 Å². The minimum Gasteiger partial charge on any atom is -0.480 e. The van der Waals surface area contributed by atoms with Crippen molar-refractivity contribution in [3.8, 4) is 0 Å². The molecule has 1 N–H and O–H groups in total. The van der Waals surface area contributed by atoms with E-state index in [1.165, 1.54) is 0 Å². The van der Waals surface area contributed by atoms with Crippen LogP contribution in [0.5, 0.6) is 0 Å². The van der Waals surface area contributed by atoms with Gasteiger partial charge in [-0.15, -0.1) is 11.8 Å². The van der Waals surface area contributed by atoms with Gasteiger partial charge in [-0.2, -0.15) is 0 Å². The smallest absolute Gasteiger partial charge is 0.321 e. The molecule has 104 valence electrons. The van der Waals surface area contributed by atoms with Crippen LogP contribution in [0, 0.1) is 0 Å². The van der Waals surface area contributed by atoms with Crippen molar-refractivity contribution >= 4 is 17.7 Å². The van der Waals surface area contributed by atoms with Gasteiger partial charge in [-0.3, -0.25) is 9.69 Å².